The lowest BCUT2D eigenvalue weighted by Crippen LogP contribution is -2.45. The number of aromatic nitrogens is 2. The molecule has 0 amide bonds. The molecule has 0 atom stereocenters. The van der Waals surface area contributed by atoms with Crippen LogP contribution in [-0.2, 0) is 6.42 Å². The van der Waals surface area contributed by atoms with Crippen LogP contribution in [0.1, 0.15) is 12.5 Å². The summed E-state index contributed by atoms with van der Waals surface area (Å²) in [5.41, 5.74) is 4.71. The van der Waals surface area contributed by atoms with Gasteiger partial charge in [0.05, 0.1) is 0 Å². The van der Waals surface area contributed by atoms with Crippen molar-refractivity contribution in [2.45, 2.75) is 13.3 Å². The molecule has 0 bridgehead atoms. The van der Waals surface area contributed by atoms with E-state index in [0.717, 1.165) is 60.1 Å². The van der Waals surface area contributed by atoms with Crippen LogP contribution in [-0.4, -0.2) is 41.0 Å². The van der Waals surface area contributed by atoms with E-state index in [9.17, 15) is 4.39 Å². The zero-order valence-corrected chi connectivity index (χ0v) is 18.4. The van der Waals surface area contributed by atoms with Crippen LogP contribution in [0.5, 0.6) is 0 Å². The van der Waals surface area contributed by atoms with E-state index in [1.165, 1.54) is 12.1 Å². The van der Waals surface area contributed by atoms with Gasteiger partial charge in [0.2, 0.25) is 0 Å². The predicted molar refractivity (Wildman–Crippen MR) is 129 cm³/mol. The number of halogens is 1. The third-order valence-electron chi connectivity index (χ3n) is 5.60. The summed E-state index contributed by atoms with van der Waals surface area (Å²) in [5, 5.41) is 3.24. The number of nitrogens with zero attached hydrogens (tertiary/aromatic N) is 4. The normalized spacial score (nSPS) is 13.7. The minimum atomic E-state index is -0.258. The van der Waals surface area contributed by atoms with Gasteiger partial charge in [-0.2, -0.15) is 0 Å². The van der Waals surface area contributed by atoms with Crippen molar-refractivity contribution >= 4 is 11.6 Å². The minimum Gasteiger partial charge on any atom is -0.372 e. The van der Waals surface area contributed by atoms with Crippen molar-refractivity contribution in [3.8, 4) is 11.1 Å². The van der Waals surface area contributed by atoms with Crippen molar-refractivity contribution in [1.29, 1.82) is 0 Å². The van der Waals surface area contributed by atoms with Crippen LogP contribution >= 0.6 is 0 Å². The highest BCUT2D eigenvalue weighted by molar-refractivity contribution is 5.64. The zero-order chi connectivity index (χ0) is 22.5. The first kappa shape index (κ1) is 21.6. The van der Waals surface area contributed by atoms with E-state index >= 15 is 0 Å². The van der Waals surface area contributed by atoms with E-state index in [4.69, 9.17) is 0 Å². The maximum absolute atomic E-state index is 13.4. The molecule has 4 rings (SSSR count). The first-order chi connectivity index (χ1) is 15.5. The Bertz CT molecular complexity index is 1080. The summed E-state index contributed by atoms with van der Waals surface area (Å²) in [6, 6.07) is 14.5. The molecule has 32 heavy (non-hydrogen) atoms. The van der Waals surface area contributed by atoms with Crippen LogP contribution in [0.15, 0.2) is 85.5 Å². The van der Waals surface area contributed by atoms with E-state index in [1.54, 1.807) is 12.3 Å². The quantitative estimate of drug-likeness (QED) is 0.566. The van der Waals surface area contributed by atoms with Crippen molar-refractivity contribution in [3.63, 3.8) is 0 Å². The average molecular weight is 430 g/mol. The number of piperazine rings is 1. The molecule has 0 unspecified atom stereocenters. The van der Waals surface area contributed by atoms with Gasteiger partial charge >= 0.3 is 0 Å². The summed E-state index contributed by atoms with van der Waals surface area (Å²) in [7, 11) is 0. The fourth-order valence-electron chi connectivity index (χ4n) is 3.80. The molecule has 0 radical (unpaired) electrons. The summed E-state index contributed by atoms with van der Waals surface area (Å²) < 4.78 is 13.4. The molecule has 0 aliphatic carbocycles. The molecule has 5 nitrogen and oxygen atoms in total. The highest BCUT2D eigenvalue weighted by Gasteiger charge is 2.17. The lowest BCUT2D eigenvalue weighted by molar-refractivity contribution is 0.322. The summed E-state index contributed by atoms with van der Waals surface area (Å²) in [4.78, 5) is 13.7. The van der Waals surface area contributed by atoms with Gasteiger partial charge < -0.3 is 15.1 Å². The first-order valence-electron chi connectivity index (χ1n) is 10.7. The van der Waals surface area contributed by atoms with Gasteiger partial charge in [-0.05, 0) is 48.4 Å². The van der Waals surface area contributed by atoms with E-state index in [-0.39, 0.29) is 5.82 Å². The first-order valence-corrected chi connectivity index (χ1v) is 10.7. The van der Waals surface area contributed by atoms with Crippen molar-refractivity contribution in [3.05, 3.63) is 96.9 Å². The van der Waals surface area contributed by atoms with Crippen molar-refractivity contribution in [2.24, 2.45) is 0 Å². The molecule has 1 aromatic carbocycles. The van der Waals surface area contributed by atoms with Crippen LogP contribution in [0, 0.1) is 5.82 Å². The Morgan fingerprint density at radius 3 is 2.41 bits per heavy atom. The summed E-state index contributed by atoms with van der Waals surface area (Å²) in [6.07, 6.45) is 4.30. The fraction of sp³-hybridized carbons (Fsp3) is 0.231. The third-order valence-corrected chi connectivity index (χ3v) is 5.60. The Morgan fingerprint density at radius 2 is 1.78 bits per heavy atom. The average Bonchev–Trinajstić information content (AvgIpc) is 2.80. The molecule has 1 saturated heterocycles. The van der Waals surface area contributed by atoms with E-state index in [0.29, 0.717) is 12.2 Å². The van der Waals surface area contributed by atoms with Gasteiger partial charge in [0, 0.05) is 62.0 Å². The Labute approximate surface area is 188 Å². The third kappa shape index (κ3) is 5.32. The molecule has 0 spiro atoms. The van der Waals surface area contributed by atoms with Gasteiger partial charge in [0.1, 0.15) is 17.5 Å². The largest absolute Gasteiger partial charge is 0.372 e. The number of rotatable bonds is 7. The van der Waals surface area contributed by atoms with Gasteiger partial charge in [-0.15, -0.1) is 0 Å². The molecule has 2 aromatic heterocycles. The van der Waals surface area contributed by atoms with Crippen LogP contribution in [0.4, 0.5) is 16.0 Å². The van der Waals surface area contributed by atoms with E-state index in [1.807, 2.05) is 24.4 Å². The number of pyridine rings is 2. The maximum Gasteiger partial charge on any atom is 0.130 e. The van der Waals surface area contributed by atoms with Gasteiger partial charge in [-0.25, -0.2) is 14.4 Å². The van der Waals surface area contributed by atoms with Crippen molar-refractivity contribution < 1.29 is 4.39 Å². The Morgan fingerprint density at radius 1 is 0.969 bits per heavy atom. The van der Waals surface area contributed by atoms with Gasteiger partial charge in [-0.3, -0.25) is 0 Å². The van der Waals surface area contributed by atoms with Crippen LogP contribution < -0.4 is 10.2 Å². The predicted octanol–water partition coefficient (Wildman–Crippen LogP) is 5.11. The molecular formula is C26H28FN5. The molecule has 6 heteroatoms. The second-order valence-corrected chi connectivity index (χ2v) is 8.08. The lowest BCUT2D eigenvalue weighted by atomic mass is 10.1. The number of allylic oxidation sites excluding steroid dienone is 2. The smallest absolute Gasteiger partial charge is 0.130 e. The number of anilines is 2. The zero-order valence-electron chi connectivity index (χ0n) is 18.4. The van der Waals surface area contributed by atoms with E-state index < -0.39 is 0 Å². The molecule has 164 valence electrons. The summed E-state index contributed by atoms with van der Waals surface area (Å²) >= 11 is 0. The number of benzene rings is 1. The summed E-state index contributed by atoms with van der Waals surface area (Å²) in [5.74, 6) is 1.45. The number of hydrogen-bond donors (Lipinski definition) is 1. The van der Waals surface area contributed by atoms with Crippen molar-refractivity contribution in [2.75, 3.05) is 36.4 Å². The van der Waals surface area contributed by atoms with Crippen molar-refractivity contribution in [1.82, 2.24) is 14.9 Å². The Hall–Kier alpha value is -3.67. The molecule has 3 aromatic rings. The Kier molecular flexibility index (Phi) is 6.50. The number of hydrogen-bond acceptors (Lipinski definition) is 5. The Balaban J connectivity index is 1.31. The molecule has 3 heterocycles. The fourth-order valence-corrected chi connectivity index (χ4v) is 3.80. The molecule has 0 saturated carbocycles. The SMILES string of the molecule is C=C(Cc1ccc(N2CCN(C(=C)C)CC2)nc1)Nc1ccc(-c2cccc(F)c2)cn1. The molecule has 1 aliphatic heterocycles. The molecule has 1 fully saturated rings. The second kappa shape index (κ2) is 9.64. The number of nitrogens with one attached hydrogen (secondary N) is 1. The topological polar surface area (TPSA) is 44.3 Å². The molecular weight excluding hydrogens is 401 g/mol. The lowest BCUT2D eigenvalue weighted by Gasteiger charge is -2.36. The van der Waals surface area contributed by atoms with Crippen LogP contribution in [0.3, 0.4) is 0 Å². The van der Waals surface area contributed by atoms with Crippen LogP contribution in [0.2, 0.25) is 0 Å². The van der Waals surface area contributed by atoms with E-state index in [2.05, 4.69) is 57.3 Å². The maximum atomic E-state index is 13.4. The highest BCUT2D eigenvalue weighted by atomic mass is 19.1. The second-order valence-electron chi connectivity index (χ2n) is 8.08. The summed E-state index contributed by atoms with van der Waals surface area (Å²) in [6.45, 7) is 14.1. The monoisotopic (exact) mass is 429 g/mol. The molecule has 1 aliphatic rings. The van der Waals surface area contributed by atoms with Crippen LogP contribution in [0.25, 0.3) is 11.1 Å². The standard InChI is InChI=1S/C26H28FN5/c1-19(2)31-11-13-32(14-12-31)26-10-7-21(17-29-26)15-20(3)30-25-9-8-23(18-28-25)22-5-4-6-24(27)16-22/h4-10,16-18H,1,3,11-15H2,2H3,(H,28,30). The minimum absolute atomic E-state index is 0.258. The van der Waals surface area contributed by atoms with Gasteiger partial charge in [0.15, 0.2) is 0 Å². The highest BCUT2D eigenvalue weighted by Crippen LogP contribution is 2.21. The molecule has 1 N–H and O–H groups in total. The van der Waals surface area contributed by atoms with Gasteiger partial charge in [-0.1, -0.05) is 31.4 Å². The van der Waals surface area contributed by atoms with Gasteiger partial charge in [0.25, 0.3) is 0 Å².